The molecule has 0 saturated heterocycles. The van der Waals surface area contributed by atoms with Crippen molar-refractivity contribution in [3.8, 4) is 0 Å². The Kier molecular flexibility index (Phi) is 12.8. The number of rotatable bonds is 5. The van der Waals surface area contributed by atoms with Crippen molar-refractivity contribution < 1.29 is 4.79 Å². The summed E-state index contributed by atoms with van der Waals surface area (Å²) in [5.41, 5.74) is 13.5. The van der Waals surface area contributed by atoms with Crippen molar-refractivity contribution in [3.63, 3.8) is 0 Å². The van der Waals surface area contributed by atoms with Gasteiger partial charge in [0.25, 0.3) is 0 Å². The van der Waals surface area contributed by atoms with Crippen LogP contribution in [0.4, 0.5) is 5.00 Å². The number of carbonyl (C=O) groups excluding carboxylic acids is 1. The van der Waals surface area contributed by atoms with Crippen LogP contribution in [0.5, 0.6) is 0 Å². The van der Waals surface area contributed by atoms with Crippen molar-refractivity contribution in [2.24, 2.45) is 10.7 Å². The first kappa shape index (κ1) is 33.5. The molecule has 218 valence electrons. The number of aryl methyl sites for hydroxylation is 2. The number of halogens is 1. The van der Waals surface area contributed by atoms with Crippen molar-refractivity contribution in [1.29, 1.82) is 0 Å². The molecule has 1 aliphatic rings. The molecular weight excluding hydrogens is 538 g/mol. The maximum absolute atomic E-state index is 10.8. The Bertz CT molecular complexity index is 1270. The van der Waals surface area contributed by atoms with Crippen LogP contribution in [0.25, 0.3) is 0 Å². The summed E-state index contributed by atoms with van der Waals surface area (Å²) >= 11 is 7.87. The largest absolute Gasteiger partial charge is 0.350 e. The number of thiophene rings is 1. The first-order chi connectivity index (χ1) is 18.9. The number of nitrogens with zero attached hydrogens (tertiary/aromatic N) is 2. The van der Waals surface area contributed by atoms with E-state index in [2.05, 4.69) is 43.2 Å². The molecule has 1 amide bonds. The fourth-order valence-electron chi connectivity index (χ4n) is 4.43. The van der Waals surface area contributed by atoms with E-state index in [0.29, 0.717) is 0 Å². The van der Waals surface area contributed by atoms with Crippen molar-refractivity contribution in [1.82, 2.24) is 10.6 Å². The summed E-state index contributed by atoms with van der Waals surface area (Å²) in [6, 6.07) is 16.1. The lowest BCUT2D eigenvalue weighted by Crippen LogP contribution is -2.55. The number of anilines is 1. The van der Waals surface area contributed by atoms with Crippen LogP contribution < -0.4 is 21.3 Å². The second-order valence-electron chi connectivity index (χ2n) is 9.88. The number of hydrogen-bond acceptors (Lipinski definition) is 6. The highest BCUT2D eigenvalue weighted by Gasteiger charge is 2.34. The van der Waals surface area contributed by atoms with E-state index in [1.165, 1.54) is 33.5 Å². The molecule has 6 nitrogen and oxygen atoms in total. The third kappa shape index (κ3) is 8.16. The minimum Gasteiger partial charge on any atom is -0.350 e. The second-order valence-corrected chi connectivity index (χ2v) is 11.5. The molecule has 8 heteroatoms. The first-order valence-electron chi connectivity index (χ1n) is 13.9. The van der Waals surface area contributed by atoms with Gasteiger partial charge in [0.05, 0.1) is 24.0 Å². The predicted octanol–water partition coefficient (Wildman–Crippen LogP) is 7.13. The number of aliphatic imine (C=N–C) groups is 1. The SMILES string of the molecule is CC.CC(=O)NC(C)c1ccc(C)cc1.CNC(C)N1c2sc(C)c(C)c2C(c2ccc(Cl)cc2)=NC(C)C1N. The van der Waals surface area contributed by atoms with E-state index in [4.69, 9.17) is 22.3 Å². The van der Waals surface area contributed by atoms with Crippen LogP contribution in [0.15, 0.2) is 53.5 Å². The van der Waals surface area contributed by atoms with Crippen LogP contribution in [-0.4, -0.2) is 37.0 Å². The molecule has 1 aliphatic heterocycles. The molecule has 0 fully saturated rings. The number of nitrogens with two attached hydrogens (primary N) is 1. The number of carbonyl (C=O) groups is 1. The fourth-order valence-corrected chi connectivity index (χ4v) is 5.83. The Hall–Kier alpha value is -2.71. The number of amides is 1. The Labute approximate surface area is 250 Å². The summed E-state index contributed by atoms with van der Waals surface area (Å²) in [5.74, 6) is 0.00748. The van der Waals surface area contributed by atoms with Gasteiger partial charge < -0.3 is 21.3 Å². The normalized spacial score (nSPS) is 17.6. The molecule has 40 heavy (non-hydrogen) atoms. The molecule has 0 radical (unpaired) electrons. The van der Waals surface area contributed by atoms with Crippen LogP contribution in [0.3, 0.4) is 0 Å². The van der Waals surface area contributed by atoms with Gasteiger partial charge in [-0.2, -0.15) is 0 Å². The third-order valence-corrected chi connectivity index (χ3v) is 8.41. The number of nitrogens with one attached hydrogen (secondary N) is 2. The summed E-state index contributed by atoms with van der Waals surface area (Å²) in [5, 5.41) is 8.08. The molecule has 4 atom stereocenters. The van der Waals surface area contributed by atoms with Crippen LogP contribution in [-0.2, 0) is 4.79 Å². The smallest absolute Gasteiger partial charge is 0.217 e. The number of fused-ring (bicyclic) bond motifs is 1. The molecular formula is C32H46ClN5OS. The number of benzene rings is 2. The Morgan fingerprint density at radius 3 is 2.15 bits per heavy atom. The fraction of sp³-hybridized carbons (Fsp3) is 0.438. The van der Waals surface area contributed by atoms with E-state index in [1.807, 2.05) is 83.3 Å². The van der Waals surface area contributed by atoms with Gasteiger partial charge in [0.2, 0.25) is 5.91 Å². The van der Waals surface area contributed by atoms with Gasteiger partial charge in [0, 0.05) is 28.0 Å². The average Bonchev–Trinajstić information content (AvgIpc) is 3.16. The lowest BCUT2D eigenvalue weighted by atomic mass is 10.00. The maximum atomic E-state index is 10.8. The zero-order valence-electron chi connectivity index (χ0n) is 25.6. The van der Waals surface area contributed by atoms with Crippen molar-refractivity contribution in [3.05, 3.63) is 86.2 Å². The zero-order chi connectivity index (χ0) is 30.1. The molecule has 0 bridgehead atoms. The van der Waals surface area contributed by atoms with E-state index in [9.17, 15) is 4.79 Å². The Morgan fingerprint density at radius 1 is 1.05 bits per heavy atom. The van der Waals surface area contributed by atoms with Crippen LogP contribution in [0.2, 0.25) is 5.02 Å². The van der Waals surface area contributed by atoms with E-state index in [1.54, 1.807) is 11.3 Å². The minimum atomic E-state index is -0.191. The summed E-state index contributed by atoms with van der Waals surface area (Å²) in [7, 11) is 1.96. The molecule has 4 unspecified atom stereocenters. The first-order valence-corrected chi connectivity index (χ1v) is 15.1. The van der Waals surface area contributed by atoms with Crippen LogP contribution in [0, 0.1) is 20.8 Å². The molecule has 2 heterocycles. The minimum absolute atomic E-state index is 0.00748. The molecule has 0 spiro atoms. The molecule has 2 aromatic carbocycles. The summed E-state index contributed by atoms with van der Waals surface area (Å²) in [6.07, 6.45) is -0.0723. The van der Waals surface area contributed by atoms with Gasteiger partial charge in [0.15, 0.2) is 0 Å². The number of hydrogen-bond donors (Lipinski definition) is 3. The highest BCUT2D eigenvalue weighted by molar-refractivity contribution is 7.16. The van der Waals surface area contributed by atoms with Crippen molar-refractivity contribution in [2.75, 3.05) is 11.9 Å². The maximum Gasteiger partial charge on any atom is 0.217 e. The topological polar surface area (TPSA) is 82.8 Å². The summed E-state index contributed by atoms with van der Waals surface area (Å²) in [6.45, 7) is 18.1. The standard InChI is InChI=1S/C19H25ClN4S.C11H15NO.C2H6/c1-10-12(3)25-19-16(10)17(14-6-8-15(20)9-7-14)23-11(2)18(21)24(19)13(4)22-5;1-8-4-6-11(7-5-8)9(2)12-10(3)13;1-2/h6-9,11,13,18,22H,21H2,1-5H3;4-7,9H,1-3H3,(H,12,13);1-2H3. The highest BCUT2D eigenvalue weighted by atomic mass is 35.5. The van der Waals surface area contributed by atoms with Gasteiger partial charge in [-0.25, -0.2) is 0 Å². The Balaban J connectivity index is 0.000000315. The Morgan fingerprint density at radius 2 is 1.62 bits per heavy atom. The highest BCUT2D eigenvalue weighted by Crippen LogP contribution is 2.40. The lowest BCUT2D eigenvalue weighted by Gasteiger charge is -2.36. The van der Waals surface area contributed by atoms with Gasteiger partial charge in [-0.3, -0.25) is 9.79 Å². The molecule has 4 rings (SSSR count). The zero-order valence-corrected chi connectivity index (χ0v) is 27.2. The van der Waals surface area contributed by atoms with Crippen LogP contribution >= 0.6 is 22.9 Å². The monoisotopic (exact) mass is 583 g/mol. The average molecular weight is 584 g/mol. The molecule has 3 aromatic rings. The molecule has 4 N–H and O–H groups in total. The van der Waals surface area contributed by atoms with Gasteiger partial charge in [0.1, 0.15) is 11.2 Å². The lowest BCUT2D eigenvalue weighted by molar-refractivity contribution is -0.119. The molecule has 1 aromatic heterocycles. The third-order valence-electron chi connectivity index (χ3n) is 6.94. The van der Waals surface area contributed by atoms with E-state index in [0.717, 1.165) is 21.9 Å². The van der Waals surface area contributed by atoms with Crippen molar-refractivity contribution >= 4 is 39.6 Å². The molecule has 0 saturated carbocycles. The van der Waals surface area contributed by atoms with Gasteiger partial charge >= 0.3 is 0 Å². The van der Waals surface area contributed by atoms with E-state index >= 15 is 0 Å². The molecule has 0 aliphatic carbocycles. The predicted molar refractivity (Wildman–Crippen MR) is 174 cm³/mol. The van der Waals surface area contributed by atoms with Gasteiger partial charge in [-0.05, 0) is 71.8 Å². The summed E-state index contributed by atoms with van der Waals surface area (Å²) in [4.78, 5) is 19.4. The van der Waals surface area contributed by atoms with Crippen molar-refractivity contribution in [2.45, 2.75) is 86.7 Å². The van der Waals surface area contributed by atoms with Gasteiger partial charge in [-0.15, -0.1) is 11.3 Å². The van der Waals surface area contributed by atoms with Gasteiger partial charge in [-0.1, -0.05) is 67.4 Å². The van der Waals surface area contributed by atoms with E-state index in [-0.39, 0.29) is 30.3 Å². The van der Waals surface area contributed by atoms with E-state index < -0.39 is 0 Å². The quantitative estimate of drug-likeness (QED) is 0.298. The second kappa shape index (κ2) is 15.3. The van der Waals surface area contributed by atoms with Crippen LogP contribution in [0.1, 0.15) is 80.3 Å². The summed E-state index contributed by atoms with van der Waals surface area (Å²) < 4.78 is 0.